The Morgan fingerprint density at radius 3 is 2.63 bits per heavy atom. The van der Waals surface area contributed by atoms with E-state index in [1.54, 1.807) is 6.07 Å². The molecule has 2 heterocycles. The van der Waals surface area contributed by atoms with E-state index in [1.807, 2.05) is 20.8 Å². The number of halogens is 2. The average Bonchev–Trinajstić information content (AvgIpc) is 3.29. The van der Waals surface area contributed by atoms with Crippen LogP contribution < -0.4 is 5.73 Å². The van der Waals surface area contributed by atoms with Crippen molar-refractivity contribution in [2.24, 2.45) is 16.3 Å². The second kappa shape index (κ2) is 9.94. The Labute approximate surface area is 227 Å². The van der Waals surface area contributed by atoms with Crippen LogP contribution in [-0.2, 0) is 15.0 Å². The molecular weight excluding hydrogens is 530 g/mol. The Morgan fingerprint density at radius 2 is 2.08 bits per heavy atom. The fraction of sp³-hybridized carbons (Fsp3) is 0.577. The molecule has 0 saturated heterocycles. The van der Waals surface area contributed by atoms with E-state index in [0.29, 0.717) is 18.7 Å². The summed E-state index contributed by atoms with van der Waals surface area (Å²) < 4.78 is 41.0. The first-order valence-corrected chi connectivity index (χ1v) is 17.1. The lowest BCUT2D eigenvalue weighted by Gasteiger charge is -2.42. The van der Waals surface area contributed by atoms with Gasteiger partial charge in [0, 0.05) is 43.3 Å². The number of nitrogens with zero attached hydrogens (tertiary/aromatic N) is 3. The number of alkyl halides is 1. The molecule has 4 atom stereocenters. The van der Waals surface area contributed by atoms with Crippen molar-refractivity contribution in [3.05, 3.63) is 47.6 Å². The van der Waals surface area contributed by atoms with Gasteiger partial charge in [-0.25, -0.2) is 23.5 Å². The standard InChI is InChI=1S/C26H36F2N4O4SSi/c1-24(2,3)21(35-11-12-38(4,5)6)32(23(33)34)22-30-25(15-27,17-13-16(29)7-8-18(17)28)19-14-26(19,37-22)20-9-10-36-31-20/h7-10,13,19,21H,11-12,14-15,29H2,1-6H3,(H,33,34)/t19-,21?,25+,26-/m0/s1. The third kappa shape index (κ3) is 5.22. The number of hydrogen-bond acceptors (Lipinski definition) is 7. The van der Waals surface area contributed by atoms with Crippen molar-refractivity contribution in [2.45, 2.75) is 69.4 Å². The van der Waals surface area contributed by atoms with Gasteiger partial charge in [-0.15, -0.1) is 0 Å². The number of thioether (sulfide) groups is 1. The molecule has 2 aromatic rings. The lowest BCUT2D eigenvalue weighted by Crippen LogP contribution is -2.53. The van der Waals surface area contributed by atoms with Crippen LogP contribution in [-0.4, -0.2) is 54.0 Å². The highest BCUT2D eigenvalue weighted by Crippen LogP contribution is 2.71. The smallest absolute Gasteiger partial charge is 0.415 e. The van der Waals surface area contributed by atoms with Crippen LogP contribution in [0.15, 0.2) is 40.0 Å². The molecule has 0 spiro atoms. The average molecular weight is 567 g/mol. The summed E-state index contributed by atoms with van der Waals surface area (Å²) in [6.07, 6.45) is -0.398. The molecule has 1 unspecified atom stereocenters. The molecule has 3 N–H and O–H groups in total. The topological polar surface area (TPSA) is 114 Å². The fourth-order valence-electron chi connectivity index (χ4n) is 5.00. The molecule has 1 fully saturated rings. The van der Waals surface area contributed by atoms with Crippen LogP contribution in [0.2, 0.25) is 25.7 Å². The Kier molecular flexibility index (Phi) is 7.47. The molecular formula is C26H36F2N4O4SSi. The van der Waals surface area contributed by atoms with Crippen molar-refractivity contribution in [2.75, 3.05) is 19.0 Å². The molecule has 12 heteroatoms. The molecule has 8 nitrogen and oxygen atoms in total. The SMILES string of the molecule is CC(C)(C)C(OCC[Si](C)(C)C)N(C(=O)O)C1=N[C@](CF)(c2cc(N)ccc2F)[C@@H]2C[C@]2(c2ccon2)S1. The molecule has 2 aliphatic rings. The van der Waals surface area contributed by atoms with E-state index in [-0.39, 0.29) is 16.4 Å². The Bertz CT molecular complexity index is 1220. The Hall–Kier alpha value is -2.44. The highest BCUT2D eigenvalue weighted by Gasteiger charge is 2.71. The Balaban J connectivity index is 1.87. The highest BCUT2D eigenvalue weighted by molar-refractivity contribution is 8.14. The number of aromatic nitrogens is 1. The predicted octanol–water partition coefficient (Wildman–Crippen LogP) is 6.29. The largest absolute Gasteiger partial charge is 0.465 e. The lowest BCUT2D eigenvalue weighted by atomic mass is 9.84. The van der Waals surface area contributed by atoms with E-state index in [4.69, 9.17) is 20.0 Å². The van der Waals surface area contributed by atoms with Gasteiger partial charge in [-0.1, -0.05) is 57.3 Å². The summed E-state index contributed by atoms with van der Waals surface area (Å²) in [5.74, 6) is -1.15. The minimum atomic E-state index is -1.70. The molecule has 1 aromatic heterocycles. The maximum Gasteiger partial charge on any atom is 0.415 e. The highest BCUT2D eigenvalue weighted by atomic mass is 32.2. The summed E-state index contributed by atoms with van der Waals surface area (Å²) in [5.41, 5.74) is 4.41. The van der Waals surface area contributed by atoms with Crippen molar-refractivity contribution in [1.82, 2.24) is 10.1 Å². The molecule has 1 saturated carbocycles. The molecule has 0 radical (unpaired) electrons. The van der Waals surface area contributed by atoms with Gasteiger partial charge in [0.2, 0.25) is 0 Å². The molecule has 208 valence electrons. The number of nitrogens with two attached hydrogens (primary N) is 1. The van der Waals surface area contributed by atoms with Crippen molar-refractivity contribution < 1.29 is 27.9 Å². The number of hydrogen-bond donors (Lipinski definition) is 2. The maximum atomic E-state index is 15.3. The van der Waals surface area contributed by atoms with Crippen molar-refractivity contribution in [3.8, 4) is 0 Å². The van der Waals surface area contributed by atoms with Crippen LogP contribution in [0.25, 0.3) is 0 Å². The number of ether oxygens (including phenoxy) is 1. The van der Waals surface area contributed by atoms with Gasteiger partial charge in [0.25, 0.3) is 0 Å². The quantitative estimate of drug-likeness (QED) is 0.219. The first-order chi connectivity index (χ1) is 17.6. The summed E-state index contributed by atoms with van der Waals surface area (Å²) in [6, 6.07) is 6.47. The first kappa shape index (κ1) is 28.6. The number of anilines is 1. The van der Waals surface area contributed by atoms with Gasteiger partial charge in [0.15, 0.2) is 5.17 Å². The zero-order chi connectivity index (χ0) is 28.1. The first-order valence-electron chi connectivity index (χ1n) is 12.6. The van der Waals surface area contributed by atoms with E-state index in [0.717, 1.165) is 10.9 Å². The zero-order valence-electron chi connectivity index (χ0n) is 22.6. The summed E-state index contributed by atoms with van der Waals surface area (Å²) >= 11 is 1.19. The van der Waals surface area contributed by atoms with Crippen molar-refractivity contribution in [3.63, 3.8) is 0 Å². The second-order valence-corrected chi connectivity index (χ2v) is 19.3. The summed E-state index contributed by atoms with van der Waals surface area (Å²) in [7, 11) is -1.47. The van der Waals surface area contributed by atoms with E-state index in [2.05, 4.69) is 24.8 Å². The number of benzene rings is 1. The number of rotatable bonds is 8. The van der Waals surface area contributed by atoms with Gasteiger partial charge in [-0.3, -0.25) is 0 Å². The lowest BCUT2D eigenvalue weighted by molar-refractivity contribution is -0.0761. The number of fused-ring (bicyclic) bond motifs is 1. The monoisotopic (exact) mass is 566 g/mol. The van der Waals surface area contributed by atoms with Crippen LogP contribution >= 0.6 is 11.8 Å². The van der Waals surface area contributed by atoms with Gasteiger partial charge in [0.1, 0.15) is 36.2 Å². The van der Waals surface area contributed by atoms with Crippen LogP contribution in [0.3, 0.4) is 0 Å². The van der Waals surface area contributed by atoms with Crippen LogP contribution in [0.1, 0.15) is 38.4 Å². The molecule has 38 heavy (non-hydrogen) atoms. The van der Waals surface area contributed by atoms with Gasteiger partial charge >= 0.3 is 6.09 Å². The molecule has 4 rings (SSSR count). The van der Waals surface area contributed by atoms with Crippen LogP contribution in [0.5, 0.6) is 0 Å². The third-order valence-corrected chi connectivity index (χ3v) is 10.3. The van der Waals surface area contributed by atoms with Crippen molar-refractivity contribution >= 4 is 36.8 Å². The summed E-state index contributed by atoms with van der Waals surface area (Å²) in [6.45, 7) is 11.6. The minimum Gasteiger partial charge on any atom is -0.465 e. The van der Waals surface area contributed by atoms with Crippen molar-refractivity contribution in [1.29, 1.82) is 0 Å². The van der Waals surface area contributed by atoms with Crippen LogP contribution in [0.4, 0.5) is 19.3 Å². The molecule has 1 aliphatic carbocycles. The minimum absolute atomic E-state index is 0.00883. The maximum absolute atomic E-state index is 15.3. The van der Waals surface area contributed by atoms with Gasteiger partial charge in [0.05, 0.1) is 4.75 Å². The van der Waals surface area contributed by atoms with E-state index in [1.165, 1.54) is 36.2 Å². The van der Waals surface area contributed by atoms with E-state index in [9.17, 15) is 9.90 Å². The molecule has 0 bridgehead atoms. The summed E-state index contributed by atoms with van der Waals surface area (Å²) in [5, 5.41) is 14.6. The fourth-order valence-corrected chi connectivity index (χ4v) is 7.34. The van der Waals surface area contributed by atoms with E-state index >= 15 is 8.78 Å². The molecule has 1 aliphatic heterocycles. The Morgan fingerprint density at radius 1 is 1.37 bits per heavy atom. The number of aliphatic imine (C=N–C) groups is 1. The van der Waals surface area contributed by atoms with Crippen LogP contribution in [0, 0.1) is 17.2 Å². The van der Waals surface area contributed by atoms with Gasteiger partial charge in [-0.2, -0.15) is 0 Å². The summed E-state index contributed by atoms with van der Waals surface area (Å²) in [4.78, 5) is 18.6. The normalized spacial score (nSPS) is 25.9. The molecule has 1 amide bonds. The number of nitrogen functional groups attached to an aromatic ring is 1. The van der Waals surface area contributed by atoms with Gasteiger partial charge < -0.3 is 20.1 Å². The van der Waals surface area contributed by atoms with Gasteiger partial charge in [-0.05, 0) is 30.7 Å². The molecule has 1 aromatic carbocycles. The predicted molar refractivity (Wildman–Crippen MR) is 147 cm³/mol. The van der Waals surface area contributed by atoms with E-state index < -0.39 is 54.5 Å². The third-order valence-electron chi connectivity index (χ3n) is 7.10. The number of carboxylic acid groups (broad SMARTS) is 1. The number of amidine groups is 1. The second-order valence-electron chi connectivity index (χ2n) is 12.4. The zero-order valence-corrected chi connectivity index (χ0v) is 24.4. The number of carbonyl (C=O) groups is 1. The number of amides is 1.